The second-order valence-electron chi connectivity index (χ2n) is 6.29. The second kappa shape index (κ2) is 7.20. The average molecular weight is 374 g/mol. The second-order valence-corrected chi connectivity index (χ2v) is 7.15. The van der Waals surface area contributed by atoms with Crippen molar-refractivity contribution in [1.82, 2.24) is 4.98 Å². The number of hydrogen-bond donors (Lipinski definition) is 1. The van der Waals surface area contributed by atoms with Gasteiger partial charge in [-0.05, 0) is 12.5 Å². The number of rotatable bonds is 5. The summed E-state index contributed by atoms with van der Waals surface area (Å²) < 4.78 is 0. The zero-order valence-corrected chi connectivity index (χ0v) is 15.2. The number of fused-ring (bicyclic) bond motifs is 1. The molecule has 1 aromatic carbocycles. The van der Waals surface area contributed by atoms with Gasteiger partial charge in [0.25, 0.3) is 5.69 Å². The minimum atomic E-state index is -0.420. The summed E-state index contributed by atoms with van der Waals surface area (Å²) in [6.07, 6.45) is 0.543. The summed E-state index contributed by atoms with van der Waals surface area (Å²) in [5.41, 5.74) is 1.80. The van der Waals surface area contributed by atoms with Crippen LogP contribution in [0.3, 0.4) is 0 Å². The molecule has 3 rings (SSSR count). The standard InChI is InChI=1S/C17H18N4O4S/c1-10(2)16(23)19-17-18-11(9-26-17)8-15(22)20-7-6-12-13(20)4-3-5-14(12)21(24)25/h3-5,9-10H,6-8H2,1-2H3,(H,18,19,23). The number of nitrogens with zero attached hydrogens (tertiary/aromatic N) is 3. The summed E-state index contributed by atoms with van der Waals surface area (Å²) in [6.45, 7) is 3.99. The summed E-state index contributed by atoms with van der Waals surface area (Å²) >= 11 is 1.27. The fraction of sp³-hybridized carbons (Fsp3) is 0.353. The maximum absolute atomic E-state index is 12.6. The minimum Gasteiger partial charge on any atom is -0.311 e. The first-order valence-electron chi connectivity index (χ1n) is 8.18. The molecule has 2 amide bonds. The van der Waals surface area contributed by atoms with Crippen LogP contribution in [0.25, 0.3) is 0 Å². The van der Waals surface area contributed by atoms with Gasteiger partial charge < -0.3 is 10.2 Å². The molecular weight excluding hydrogens is 356 g/mol. The van der Waals surface area contributed by atoms with Gasteiger partial charge in [0.15, 0.2) is 5.13 Å². The van der Waals surface area contributed by atoms with Crippen LogP contribution in [0.15, 0.2) is 23.6 Å². The van der Waals surface area contributed by atoms with Gasteiger partial charge in [-0.2, -0.15) is 0 Å². The maximum Gasteiger partial charge on any atom is 0.274 e. The van der Waals surface area contributed by atoms with Crippen LogP contribution < -0.4 is 10.2 Å². The maximum atomic E-state index is 12.6. The van der Waals surface area contributed by atoms with Gasteiger partial charge in [-0.25, -0.2) is 4.98 Å². The van der Waals surface area contributed by atoms with E-state index >= 15 is 0 Å². The fourth-order valence-electron chi connectivity index (χ4n) is 2.79. The summed E-state index contributed by atoms with van der Waals surface area (Å²) in [4.78, 5) is 40.9. The Morgan fingerprint density at radius 3 is 2.88 bits per heavy atom. The van der Waals surface area contributed by atoms with Crippen LogP contribution >= 0.6 is 11.3 Å². The van der Waals surface area contributed by atoms with Gasteiger partial charge in [0, 0.05) is 23.9 Å². The van der Waals surface area contributed by atoms with Crippen LogP contribution in [0.5, 0.6) is 0 Å². The van der Waals surface area contributed by atoms with Gasteiger partial charge in [-0.1, -0.05) is 19.9 Å². The van der Waals surface area contributed by atoms with Crippen LogP contribution in [0.2, 0.25) is 0 Å². The van der Waals surface area contributed by atoms with Crippen molar-refractivity contribution >= 4 is 39.7 Å². The lowest BCUT2D eigenvalue weighted by molar-refractivity contribution is -0.385. The molecule has 2 heterocycles. The van der Waals surface area contributed by atoms with Crippen molar-refractivity contribution in [3.63, 3.8) is 0 Å². The summed E-state index contributed by atoms with van der Waals surface area (Å²) in [7, 11) is 0. The lowest BCUT2D eigenvalue weighted by atomic mass is 10.1. The van der Waals surface area contributed by atoms with Crippen molar-refractivity contribution in [2.24, 2.45) is 5.92 Å². The predicted octanol–water partition coefficient (Wildman–Crippen LogP) is 2.78. The highest BCUT2D eigenvalue weighted by atomic mass is 32.1. The molecule has 136 valence electrons. The van der Waals surface area contributed by atoms with E-state index in [1.807, 2.05) is 0 Å². The number of nitro groups is 1. The third-order valence-electron chi connectivity index (χ3n) is 4.14. The zero-order chi connectivity index (χ0) is 18.8. The number of nitrogens with one attached hydrogen (secondary N) is 1. The number of nitro benzene ring substituents is 1. The average Bonchev–Trinajstić information content (AvgIpc) is 3.20. The van der Waals surface area contributed by atoms with E-state index in [0.717, 1.165) is 0 Å². The molecule has 0 saturated heterocycles. The molecule has 0 fully saturated rings. The van der Waals surface area contributed by atoms with E-state index in [4.69, 9.17) is 0 Å². The van der Waals surface area contributed by atoms with Gasteiger partial charge in [0.1, 0.15) is 0 Å². The summed E-state index contributed by atoms with van der Waals surface area (Å²) in [5.74, 6) is -0.449. The van der Waals surface area contributed by atoms with Crippen LogP contribution in [0.4, 0.5) is 16.5 Å². The summed E-state index contributed by atoms with van der Waals surface area (Å²) in [5, 5.41) is 16.0. The highest BCUT2D eigenvalue weighted by molar-refractivity contribution is 7.13. The van der Waals surface area contributed by atoms with Crippen LogP contribution in [-0.2, 0) is 22.4 Å². The molecule has 0 aliphatic carbocycles. The Morgan fingerprint density at radius 1 is 1.42 bits per heavy atom. The molecular formula is C17H18N4O4S. The van der Waals surface area contributed by atoms with E-state index in [1.165, 1.54) is 17.4 Å². The van der Waals surface area contributed by atoms with E-state index in [-0.39, 0.29) is 29.8 Å². The lowest BCUT2D eigenvalue weighted by Gasteiger charge is -2.16. The fourth-order valence-corrected chi connectivity index (χ4v) is 3.50. The summed E-state index contributed by atoms with van der Waals surface area (Å²) in [6, 6.07) is 4.77. The number of amides is 2. The van der Waals surface area contributed by atoms with Crippen molar-refractivity contribution in [3.05, 3.63) is 45.0 Å². The normalized spacial score (nSPS) is 13.0. The molecule has 1 N–H and O–H groups in total. The highest BCUT2D eigenvalue weighted by Crippen LogP contribution is 2.35. The molecule has 0 atom stereocenters. The zero-order valence-electron chi connectivity index (χ0n) is 14.4. The molecule has 2 aromatic rings. The van der Waals surface area contributed by atoms with E-state index in [1.54, 1.807) is 36.3 Å². The number of hydrogen-bond acceptors (Lipinski definition) is 6. The van der Waals surface area contributed by atoms with Crippen molar-refractivity contribution in [2.45, 2.75) is 26.7 Å². The Labute approximate surface area is 154 Å². The topological polar surface area (TPSA) is 105 Å². The van der Waals surface area contributed by atoms with E-state index < -0.39 is 4.92 Å². The van der Waals surface area contributed by atoms with Gasteiger partial charge >= 0.3 is 0 Å². The molecule has 1 aliphatic rings. The van der Waals surface area contributed by atoms with Crippen molar-refractivity contribution in [3.8, 4) is 0 Å². The largest absolute Gasteiger partial charge is 0.311 e. The molecule has 1 aromatic heterocycles. The van der Waals surface area contributed by atoms with Gasteiger partial charge in [0.05, 0.1) is 28.3 Å². The molecule has 0 unspecified atom stereocenters. The SMILES string of the molecule is CC(C)C(=O)Nc1nc(CC(=O)N2CCc3c2cccc3[N+](=O)[O-])cs1. The van der Waals surface area contributed by atoms with Gasteiger partial charge in [-0.15, -0.1) is 11.3 Å². The Balaban J connectivity index is 1.71. The third kappa shape index (κ3) is 3.57. The number of aromatic nitrogens is 1. The smallest absolute Gasteiger partial charge is 0.274 e. The number of anilines is 2. The van der Waals surface area contributed by atoms with E-state index in [0.29, 0.717) is 35.0 Å². The minimum absolute atomic E-state index is 0.0464. The first-order chi connectivity index (χ1) is 12.4. The Kier molecular flexibility index (Phi) is 4.99. The Morgan fingerprint density at radius 2 is 2.19 bits per heavy atom. The van der Waals surface area contributed by atoms with Crippen molar-refractivity contribution in [2.75, 3.05) is 16.8 Å². The quantitative estimate of drug-likeness (QED) is 0.640. The number of carbonyl (C=O) groups is 2. The van der Waals surface area contributed by atoms with Gasteiger partial charge in [-0.3, -0.25) is 19.7 Å². The van der Waals surface area contributed by atoms with Gasteiger partial charge in [0.2, 0.25) is 11.8 Å². The molecule has 9 heteroatoms. The predicted molar refractivity (Wildman–Crippen MR) is 98.4 cm³/mol. The molecule has 0 saturated carbocycles. The third-order valence-corrected chi connectivity index (χ3v) is 4.95. The van der Waals surface area contributed by atoms with Crippen molar-refractivity contribution < 1.29 is 14.5 Å². The lowest BCUT2D eigenvalue weighted by Crippen LogP contribution is -2.30. The first-order valence-corrected chi connectivity index (χ1v) is 9.06. The van der Waals surface area contributed by atoms with E-state index in [2.05, 4.69) is 10.3 Å². The molecule has 1 aliphatic heterocycles. The molecule has 8 nitrogen and oxygen atoms in total. The van der Waals surface area contributed by atoms with Crippen LogP contribution in [0.1, 0.15) is 25.1 Å². The molecule has 0 bridgehead atoms. The molecule has 0 radical (unpaired) electrons. The van der Waals surface area contributed by atoms with Crippen LogP contribution in [-0.4, -0.2) is 28.3 Å². The number of thiazole rings is 1. The number of carbonyl (C=O) groups excluding carboxylic acids is 2. The number of benzene rings is 1. The molecule has 0 spiro atoms. The van der Waals surface area contributed by atoms with Crippen LogP contribution in [0, 0.1) is 16.0 Å². The Hall–Kier alpha value is -2.81. The van der Waals surface area contributed by atoms with Crippen molar-refractivity contribution in [1.29, 1.82) is 0 Å². The Bertz CT molecular complexity index is 877. The van der Waals surface area contributed by atoms with E-state index in [9.17, 15) is 19.7 Å². The first kappa shape index (κ1) is 18.0. The monoisotopic (exact) mass is 374 g/mol. The molecule has 26 heavy (non-hydrogen) atoms. The highest BCUT2D eigenvalue weighted by Gasteiger charge is 2.30.